The van der Waals surface area contributed by atoms with Crippen molar-refractivity contribution in [3.8, 4) is 0 Å². The number of halogens is 1. The van der Waals surface area contributed by atoms with Crippen LogP contribution in [0.1, 0.15) is 24.2 Å². The first-order valence-electron chi connectivity index (χ1n) is 7.50. The van der Waals surface area contributed by atoms with Gasteiger partial charge in [0, 0.05) is 15.6 Å². The van der Waals surface area contributed by atoms with Crippen LogP contribution >= 0.6 is 23.4 Å². The van der Waals surface area contributed by atoms with Crippen molar-refractivity contribution >= 4 is 40.9 Å². The normalized spacial score (nSPS) is 11.6. The summed E-state index contributed by atoms with van der Waals surface area (Å²) in [5.41, 5.74) is 0.974. The zero-order valence-corrected chi connectivity index (χ0v) is 15.0. The SMILES string of the molecule is CCOC(=O)c1cccc(NC(=O)[C@@H](C)Sc2ccc(Cl)cc2)c1. The molecule has 126 valence electrons. The fourth-order valence-electron chi connectivity index (χ4n) is 1.95. The molecule has 0 spiro atoms. The highest BCUT2D eigenvalue weighted by atomic mass is 35.5. The molecule has 2 rings (SSSR count). The van der Waals surface area contributed by atoms with E-state index in [0.29, 0.717) is 22.9 Å². The lowest BCUT2D eigenvalue weighted by molar-refractivity contribution is -0.115. The van der Waals surface area contributed by atoms with Crippen molar-refractivity contribution in [1.82, 2.24) is 0 Å². The first-order chi connectivity index (χ1) is 11.5. The van der Waals surface area contributed by atoms with Gasteiger partial charge in [0.2, 0.25) is 5.91 Å². The number of hydrogen-bond acceptors (Lipinski definition) is 4. The van der Waals surface area contributed by atoms with Gasteiger partial charge in [0.25, 0.3) is 0 Å². The van der Waals surface area contributed by atoms with Gasteiger partial charge >= 0.3 is 5.97 Å². The van der Waals surface area contributed by atoms with E-state index in [1.807, 2.05) is 19.1 Å². The molecule has 0 aromatic heterocycles. The fraction of sp³-hybridized carbons (Fsp3) is 0.222. The number of benzene rings is 2. The van der Waals surface area contributed by atoms with Gasteiger partial charge in [-0.05, 0) is 56.3 Å². The summed E-state index contributed by atoms with van der Waals surface area (Å²) in [6, 6.07) is 14.0. The topological polar surface area (TPSA) is 55.4 Å². The summed E-state index contributed by atoms with van der Waals surface area (Å²) in [6.07, 6.45) is 0. The Kier molecular flexibility index (Phi) is 6.70. The first-order valence-corrected chi connectivity index (χ1v) is 8.75. The lowest BCUT2D eigenvalue weighted by Gasteiger charge is -2.12. The molecular formula is C18H18ClNO3S. The second-order valence-electron chi connectivity index (χ2n) is 5.00. The highest BCUT2D eigenvalue weighted by Gasteiger charge is 2.15. The summed E-state index contributed by atoms with van der Waals surface area (Å²) in [6.45, 7) is 3.88. The Morgan fingerprint density at radius 2 is 1.92 bits per heavy atom. The smallest absolute Gasteiger partial charge is 0.338 e. The van der Waals surface area contributed by atoms with Crippen LogP contribution in [-0.2, 0) is 9.53 Å². The van der Waals surface area contributed by atoms with Crippen molar-refractivity contribution in [3.05, 3.63) is 59.1 Å². The van der Waals surface area contributed by atoms with Gasteiger partial charge in [-0.15, -0.1) is 11.8 Å². The Labute approximate surface area is 150 Å². The summed E-state index contributed by atoms with van der Waals surface area (Å²) in [5, 5.41) is 3.18. The number of nitrogens with one attached hydrogen (secondary N) is 1. The molecule has 6 heteroatoms. The van der Waals surface area contributed by atoms with E-state index in [1.54, 1.807) is 43.3 Å². The van der Waals surface area contributed by atoms with Crippen LogP contribution in [0.2, 0.25) is 5.02 Å². The molecule has 1 atom stereocenters. The molecule has 0 bridgehead atoms. The molecule has 0 fully saturated rings. The third kappa shape index (κ3) is 5.28. The van der Waals surface area contributed by atoms with E-state index in [1.165, 1.54) is 11.8 Å². The average molecular weight is 364 g/mol. The van der Waals surface area contributed by atoms with E-state index < -0.39 is 5.97 Å². The van der Waals surface area contributed by atoms with E-state index in [-0.39, 0.29) is 11.2 Å². The van der Waals surface area contributed by atoms with Crippen LogP contribution in [0.25, 0.3) is 0 Å². The van der Waals surface area contributed by atoms with Crippen molar-refractivity contribution in [2.24, 2.45) is 0 Å². The highest BCUT2D eigenvalue weighted by molar-refractivity contribution is 8.00. The van der Waals surface area contributed by atoms with Crippen LogP contribution in [0.5, 0.6) is 0 Å². The van der Waals surface area contributed by atoms with E-state index in [0.717, 1.165) is 4.90 Å². The van der Waals surface area contributed by atoms with E-state index >= 15 is 0 Å². The van der Waals surface area contributed by atoms with Crippen molar-refractivity contribution in [2.45, 2.75) is 24.0 Å². The van der Waals surface area contributed by atoms with E-state index in [2.05, 4.69) is 5.32 Å². The molecule has 0 heterocycles. The molecule has 0 aliphatic carbocycles. The lowest BCUT2D eigenvalue weighted by atomic mass is 10.2. The largest absolute Gasteiger partial charge is 0.462 e. The van der Waals surface area contributed by atoms with Crippen LogP contribution in [0.4, 0.5) is 5.69 Å². The van der Waals surface area contributed by atoms with Crippen molar-refractivity contribution in [1.29, 1.82) is 0 Å². The van der Waals surface area contributed by atoms with Gasteiger partial charge in [-0.1, -0.05) is 17.7 Å². The summed E-state index contributed by atoms with van der Waals surface area (Å²) in [5.74, 6) is -0.548. The number of anilines is 1. The quantitative estimate of drug-likeness (QED) is 0.600. The molecule has 0 saturated carbocycles. The lowest BCUT2D eigenvalue weighted by Crippen LogP contribution is -2.22. The number of thioether (sulfide) groups is 1. The molecule has 0 aliphatic rings. The van der Waals surface area contributed by atoms with Crippen LogP contribution < -0.4 is 5.32 Å². The fourth-order valence-corrected chi connectivity index (χ4v) is 2.95. The van der Waals surface area contributed by atoms with Crippen molar-refractivity contribution in [2.75, 3.05) is 11.9 Å². The summed E-state index contributed by atoms with van der Waals surface area (Å²) in [4.78, 5) is 25.0. The van der Waals surface area contributed by atoms with Crippen LogP contribution in [0, 0.1) is 0 Å². The Hall–Kier alpha value is -1.98. The number of carbonyl (C=O) groups excluding carboxylic acids is 2. The first kappa shape index (κ1) is 18.4. The average Bonchev–Trinajstić information content (AvgIpc) is 2.57. The van der Waals surface area contributed by atoms with Gasteiger partial charge in [0.05, 0.1) is 17.4 Å². The minimum atomic E-state index is -0.405. The Balaban J connectivity index is 1.99. The minimum Gasteiger partial charge on any atom is -0.462 e. The zero-order chi connectivity index (χ0) is 17.5. The second-order valence-corrected chi connectivity index (χ2v) is 6.86. The Bertz CT molecular complexity index is 718. The van der Waals surface area contributed by atoms with Gasteiger partial charge in [0.1, 0.15) is 0 Å². The van der Waals surface area contributed by atoms with Gasteiger partial charge in [-0.2, -0.15) is 0 Å². The Morgan fingerprint density at radius 3 is 2.58 bits per heavy atom. The third-order valence-electron chi connectivity index (χ3n) is 3.14. The number of rotatable bonds is 6. The second kappa shape index (κ2) is 8.76. The molecule has 1 N–H and O–H groups in total. The van der Waals surface area contributed by atoms with Crippen LogP contribution in [0.3, 0.4) is 0 Å². The highest BCUT2D eigenvalue weighted by Crippen LogP contribution is 2.25. The standard InChI is InChI=1S/C18H18ClNO3S/c1-3-23-18(22)13-5-4-6-15(11-13)20-17(21)12(2)24-16-9-7-14(19)8-10-16/h4-12H,3H2,1-2H3,(H,20,21)/t12-/m1/s1. The summed E-state index contributed by atoms with van der Waals surface area (Å²) >= 11 is 7.29. The monoisotopic (exact) mass is 363 g/mol. The van der Waals surface area contributed by atoms with Gasteiger partial charge in [0.15, 0.2) is 0 Å². The van der Waals surface area contributed by atoms with Crippen molar-refractivity contribution < 1.29 is 14.3 Å². The van der Waals surface area contributed by atoms with Gasteiger partial charge in [-0.3, -0.25) is 4.79 Å². The number of esters is 1. The minimum absolute atomic E-state index is 0.143. The summed E-state index contributed by atoms with van der Waals surface area (Å²) in [7, 11) is 0. The van der Waals surface area contributed by atoms with Crippen LogP contribution in [-0.4, -0.2) is 23.7 Å². The van der Waals surface area contributed by atoms with E-state index in [4.69, 9.17) is 16.3 Å². The molecule has 2 aromatic carbocycles. The predicted octanol–water partition coefficient (Wildman–Crippen LogP) is 4.64. The zero-order valence-electron chi connectivity index (χ0n) is 13.4. The van der Waals surface area contributed by atoms with E-state index in [9.17, 15) is 9.59 Å². The molecule has 24 heavy (non-hydrogen) atoms. The molecule has 1 amide bonds. The Morgan fingerprint density at radius 1 is 1.21 bits per heavy atom. The molecule has 0 aliphatic heterocycles. The molecule has 0 saturated heterocycles. The number of ether oxygens (including phenoxy) is 1. The molecule has 0 unspecified atom stereocenters. The predicted molar refractivity (Wildman–Crippen MR) is 97.8 cm³/mol. The number of amides is 1. The van der Waals surface area contributed by atoms with Crippen LogP contribution in [0.15, 0.2) is 53.4 Å². The number of hydrogen-bond donors (Lipinski definition) is 1. The summed E-state index contributed by atoms with van der Waals surface area (Å²) < 4.78 is 4.96. The third-order valence-corrected chi connectivity index (χ3v) is 4.50. The van der Waals surface area contributed by atoms with Gasteiger partial charge in [-0.25, -0.2) is 4.79 Å². The molecule has 0 radical (unpaired) electrons. The maximum Gasteiger partial charge on any atom is 0.338 e. The maximum absolute atomic E-state index is 12.3. The van der Waals surface area contributed by atoms with Crippen molar-refractivity contribution in [3.63, 3.8) is 0 Å². The molecular weight excluding hydrogens is 346 g/mol. The maximum atomic E-state index is 12.3. The number of carbonyl (C=O) groups is 2. The van der Waals surface area contributed by atoms with Gasteiger partial charge < -0.3 is 10.1 Å². The molecule has 4 nitrogen and oxygen atoms in total. The molecule has 2 aromatic rings.